The Labute approximate surface area is 153 Å². The molecular weight excluding hydrogens is 382 g/mol. The van der Waals surface area contributed by atoms with Crippen molar-refractivity contribution in [3.63, 3.8) is 0 Å². The summed E-state index contributed by atoms with van der Waals surface area (Å²) >= 11 is 3.41. The van der Waals surface area contributed by atoms with Gasteiger partial charge in [0.25, 0.3) is 5.89 Å². The number of hydrogen-bond acceptors (Lipinski definition) is 4. The van der Waals surface area contributed by atoms with Crippen LogP contribution in [0.2, 0.25) is 0 Å². The lowest BCUT2D eigenvalue weighted by Crippen LogP contribution is -2.03. The number of nitrogens with one attached hydrogen (secondary N) is 1. The van der Waals surface area contributed by atoms with Gasteiger partial charge >= 0.3 is 0 Å². The van der Waals surface area contributed by atoms with Crippen molar-refractivity contribution >= 4 is 27.8 Å². The molecule has 2 aromatic heterocycles. The smallest absolute Gasteiger partial charge is 0.264 e. The van der Waals surface area contributed by atoms with Crippen molar-refractivity contribution in [2.45, 2.75) is 25.7 Å². The Morgan fingerprint density at radius 3 is 2.88 bits per heavy atom. The summed E-state index contributed by atoms with van der Waals surface area (Å²) in [4.78, 5) is 16.2. The fourth-order valence-corrected chi connectivity index (χ4v) is 3.28. The maximum absolute atomic E-state index is 13.0. The Balaban J connectivity index is 1.78. The van der Waals surface area contributed by atoms with Gasteiger partial charge in [0.1, 0.15) is 5.69 Å². The second-order valence-electron chi connectivity index (χ2n) is 6.18. The molecule has 1 aliphatic carbocycles. The molecule has 1 N–H and O–H groups in total. The molecule has 0 atom stereocenters. The minimum atomic E-state index is -0.0712. The highest BCUT2D eigenvalue weighted by molar-refractivity contribution is 9.10. The molecule has 0 bridgehead atoms. The van der Waals surface area contributed by atoms with Crippen molar-refractivity contribution in [1.82, 2.24) is 15.2 Å². The third-order valence-corrected chi connectivity index (χ3v) is 4.87. The molecule has 3 aromatic rings. The number of aromatic amines is 1. The van der Waals surface area contributed by atoms with Crippen LogP contribution in [0.4, 0.5) is 0 Å². The number of aromatic nitrogens is 3. The highest BCUT2D eigenvalue weighted by Crippen LogP contribution is 2.40. The van der Waals surface area contributed by atoms with Crippen LogP contribution in [0.25, 0.3) is 17.7 Å². The molecule has 0 aliphatic heterocycles. The van der Waals surface area contributed by atoms with Crippen LogP contribution in [0, 0.1) is 6.92 Å². The normalized spacial score (nSPS) is 13.8. The molecule has 126 valence electrons. The SMILES string of the molecule is C=Cc1[nH]c(-c2nnc(C3CC3)o2)c(C)c1C(=O)c1cccc(Br)c1. The van der Waals surface area contributed by atoms with E-state index >= 15 is 0 Å². The average molecular weight is 398 g/mol. The molecule has 25 heavy (non-hydrogen) atoms. The topological polar surface area (TPSA) is 71.8 Å². The second-order valence-corrected chi connectivity index (χ2v) is 7.09. The summed E-state index contributed by atoms with van der Waals surface area (Å²) in [6, 6.07) is 7.33. The van der Waals surface area contributed by atoms with E-state index in [4.69, 9.17) is 4.42 Å². The van der Waals surface area contributed by atoms with Gasteiger partial charge in [-0.15, -0.1) is 10.2 Å². The van der Waals surface area contributed by atoms with Crippen molar-refractivity contribution < 1.29 is 9.21 Å². The van der Waals surface area contributed by atoms with E-state index < -0.39 is 0 Å². The average Bonchev–Trinajstić information content (AvgIpc) is 3.25. The third kappa shape index (κ3) is 2.87. The Kier molecular flexibility index (Phi) is 3.92. The number of hydrogen-bond donors (Lipinski definition) is 1. The standard InChI is InChI=1S/C19H16BrN3O2/c1-3-14-15(17(24)12-5-4-6-13(20)9-12)10(2)16(21-14)19-23-22-18(25-19)11-7-8-11/h3-6,9,11,21H,1,7-8H2,2H3. The summed E-state index contributed by atoms with van der Waals surface area (Å²) < 4.78 is 6.64. The lowest BCUT2D eigenvalue weighted by molar-refractivity contribution is 0.103. The molecule has 4 rings (SSSR count). The Morgan fingerprint density at radius 2 is 2.20 bits per heavy atom. The quantitative estimate of drug-likeness (QED) is 0.622. The number of halogens is 1. The highest BCUT2D eigenvalue weighted by Gasteiger charge is 2.30. The minimum Gasteiger partial charge on any atom is -0.419 e. The van der Waals surface area contributed by atoms with Crippen molar-refractivity contribution in [3.8, 4) is 11.6 Å². The van der Waals surface area contributed by atoms with Gasteiger partial charge in [-0.3, -0.25) is 4.79 Å². The number of rotatable bonds is 5. The maximum atomic E-state index is 13.0. The molecule has 2 heterocycles. The van der Waals surface area contributed by atoms with Gasteiger partial charge in [0.2, 0.25) is 5.89 Å². The molecular formula is C19H16BrN3O2. The zero-order valence-corrected chi connectivity index (χ0v) is 15.3. The van der Waals surface area contributed by atoms with Crippen molar-refractivity contribution in [1.29, 1.82) is 0 Å². The van der Waals surface area contributed by atoms with E-state index in [0.717, 1.165) is 22.9 Å². The number of H-pyrrole nitrogens is 1. The lowest BCUT2D eigenvalue weighted by Gasteiger charge is -2.03. The Bertz CT molecular complexity index is 982. The summed E-state index contributed by atoms with van der Waals surface area (Å²) in [7, 11) is 0. The first-order valence-electron chi connectivity index (χ1n) is 8.07. The first kappa shape index (κ1) is 16.0. The Hall–Kier alpha value is -2.47. The van der Waals surface area contributed by atoms with Crippen LogP contribution in [0.5, 0.6) is 0 Å². The van der Waals surface area contributed by atoms with Crippen molar-refractivity contribution in [3.05, 3.63) is 63.6 Å². The van der Waals surface area contributed by atoms with Gasteiger partial charge in [-0.1, -0.05) is 34.6 Å². The van der Waals surface area contributed by atoms with E-state index in [1.54, 1.807) is 18.2 Å². The van der Waals surface area contributed by atoms with Crippen molar-refractivity contribution in [2.75, 3.05) is 0 Å². The van der Waals surface area contributed by atoms with Gasteiger partial charge in [-0.2, -0.15) is 0 Å². The fourth-order valence-electron chi connectivity index (χ4n) is 2.88. The van der Waals surface area contributed by atoms with Gasteiger partial charge < -0.3 is 9.40 Å². The lowest BCUT2D eigenvalue weighted by atomic mass is 9.99. The van der Waals surface area contributed by atoms with E-state index in [9.17, 15) is 4.79 Å². The van der Waals surface area contributed by atoms with Gasteiger partial charge in [0.15, 0.2) is 5.78 Å². The number of ketones is 1. The zero-order chi connectivity index (χ0) is 17.6. The predicted molar refractivity (Wildman–Crippen MR) is 98.5 cm³/mol. The van der Waals surface area contributed by atoms with Crippen LogP contribution in [0.1, 0.15) is 51.8 Å². The van der Waals surface area contributed by atoms with E-state index in [2.05, 4.69) is 37.7 Å². The van der Waals surface area contributed by atoms with E-state index in [0.29, 0.717) is 40.2 Å². The summed E-state index contributed by atoms with van der Waals surface area (Å²) in [5, 5.41) is 8.26. The van der Waals surface area contributed by atoms with Gasteiger partial charge in [0, 0.05) is 21.6 Å². The number of carbonyl (C=O) groups is 1. The molecule has 0 amide bonds. The first-order chi connectivity index (χ1) is 12.1. The first-order valence-corrected chi connectivity index (χ1v) is 8.87. The molecule has 5 nitrogen and oxygen atoms in total. The molecule has 0 radical (unpaired) electrons. The summed E-state index contributed by atoms with van der Waals surface area (Å²) in [5.41, 5.74) is 3.30. The third-order valence-electron chi connectivity index (χ3n) is 4.38. The van der Waals surface area contributed by atoms with Gasteiger partial charge in [-0.05, 0) is 43.5 Å². The van der Waals surface area contributed by atoms with Crippen LogP contribution >= 0.6 is 15.9 Å². The maximum Gasteiger partial charge on any atom is 0.264 e. The van der Waals surface area contributed by atoms with Crippen LogP contribution < -0.4 is 0 Å². The van der Waals surface area contributed by atoms with Gasteiger partial charge in [0.05, 0.1) is 5.56 Å². The molecule has 6 heteroatoms. The van der Waals surface area contributed by atoms with E-state index in [1.807, 2.05) is 19.1 Å². The molecule has 1 saturated carbocycles. The molecule has 1 aliphatic rings. The summed E-state index contributed by atoms with van der Waals surface area (Å²) in [6.45, 7) is 5.70. The van der Waals surface area contributed by atoms with Crippen LogP contribution in [0.15, 0.2) is 39.7 Å². The zero-order valence-electron chi connectivity index (χ0n) is 13.7. The number of benzene rings is 1. The van der Waals surface area contributed by atoms with E-state index in [-0.39, 0.29) is 5.78 Å². The summed E-state index contributed by atoms with van der Waals surface area (Å²) in [6.07, 6.45) is 3.83. The minimum absolute atomic E-state index is 0.0712. The molecule has 1 aromatic carbocycles. The number of carbonyl (C=O) groups excluding carboxylic acids is 1. The van der Waals surface area contributed by atoms with Crippen LogP contribution in [0.3, 0.4) is 0 Å². The Morgan fingerprint density at radius 1 is 1.40 bits per heavy atom. The molecule has 0 unspecified atom stereocenters. The monoisotopic (exact) mass is 397 g/mol. The predicted octanol–water partition coefficient (Wildman–Crippen LogP) is 4.89. The van der Waals surface area contributed by atoms with Gasteiger partial charge in [-0.25, -0.2) is 0 Å². The van der Waals surface area contributed by atoms with Crippen LogP contribution in [-0.4, -0.2) is 21.0 Å². The number of nitrogens with zero attached hydrogens (tertiary/aromatic N) is 2. The largest absolute Gasteiger partial charge is 0.419 e. The summed E-state index contributed by atoms with van der Waals surface area (Å²) in [5.74, 6) is 1.40. The van der Waals surface area contributed by atoms with Crippen molar-refractivity contribution in [2.24, 2.45) is 0 Å². The van der Waals surface area contributed by atoms with E-state index in [1.165, 1.54) is 0 Å². The highest BCUT2D eigenvalue weighted by atomic mass is 79.9. The second kappa shape index (κ2) is 6.11. The molecule has 1 fully saturated rings. The molecule has 0 spiro atoms. The fraction of sp³-hybridized carbons (Fsp3) is 0.211. The molecule has 0 saturated heterocycles. The van der Waals surface area contributed by atoms with Crippen LogP contribution in [-0.2, 0) is 0 Å².